The number of allylic oxidation sites excluding steroid dienone is 5. The number of hydrogen-bond acceptors (Lipinski definition) is 2. The van der Waals surface area contributed by atoms with Crippen molar-refractivity contribution in [2.24, 2.45) is 0 Å². The molecular weight excluding hydrogens is 481 g/mol. The molecule has 0 spiro atoms. The molecule has 0 bridgehead atoms. The Morgan fingerprint density at radius 3 is 2.62 bits per heavy atom. The Morgan fingerprint density at radius 1 is 1.08 bits per heavy atom. The predicted octanol–water partition coefficient (Wildman–Crippen LogP) is 9.61. The molecule has 37 heavy (non-hydrogen) atoms. The molecule has 0 aromatic heterocycles. The third kappa shape index (κ3) is 5.62. The van der Waals surface area contributed by atoms with Crippen LogP contribution in [0, 0.1) is 12.7 Å². The van der Waals surface area contributed by atoms with Crippen molar-refractivity contribution < 1.29 is 9.13 Å². The van der Waals surface area contributed by atoms with Crippen molar-refractivity contribution in [3.8, 4) is 5.75 Å². The van der Waals surface area contributed by atoms with Gasteiger partial charge < -0.3 is 9.64 Å². The van der Waals surface area contributed by atoms with E-state index in [-0.39, 0.29) is 5.82 Å². The molecule has 1 aliphatic heterocycles. The first-order valence-electron chi connectivity index (χ1n) is 13.1. The largest absolute Gasteiger partial charge is 0.493 e. The van der Waals surface area contributed by atoms with Crippen LogP contribution in [0.4, 0.5) is 4.39 Å². The lowest BCUT2D eigenvalue weighted by molar-refractivity contribution is 0.316. The minimum atomic E-state index is -0.233. The van der Waals surface area contributed by atoms with Gasteiger partial charge in [-0.3, -0.25) is 0 Å². The van der Waals surface area contributed by atoms with Gasteiger partial charge in [-0.2, -0.15) is 0 Å². The van der Waals surface area contributed by atoms with E-state index >= 15 is 0 Å². The fraction of sp³-hybridized carbons (Fsp3) is 0.333. The summed E-state index contributed by atoms with van der Waals surface area (Å²) in [6, 6.07) is 14.8. The highest BCUT2D eigenvalue weighted by molar-refractivity contribution is 6.33. The van der Waals surface area contributed by atoms with Crippen molar-refractivity contribution in [2.45, 2.75) is 53.9 Å². The average molecular weight is 518 g/mol. The first-order chi connectivity index (χ1) is 17.7. The van der Waals surface area contributed by atoms with Crippen molar-refractivity contribution in [3.05, 3.63) is 99.0 Å². The van der Waals surface area contributed by atoms with Crippen LogP contribution >= 0.6 is 11.6 Å². The van der Waals surface area contributed by atoms with Gasteiger partial charge in [-0.15, -0.1) is 0 Å². The zero-order valence-corrected chi connectivity index (χ0v) is 23.6. The van der Waals surface area contributed by atoms with Crippen molar-refractivity contribution in [1.82, 2.24) is 4.90 Å². The highest BCUT2D eigenvalue weighted by Gasteiger charge is 2.22. The summed E-state index contributed by atoms with van der Waals surface area (Å²) in [5, 5.41) is 2.58. The molecule has 3 aromatic carbocycles. The fourth-order valence-electron chi connectivity index (χ4n) is 5.25. The Labute approximate surface area is 226 Å². The summed E-state index contributed by atoms with van der Waals surface area (Å²) in [6.45, 7) is 12.5. The molecule has 0 saturated carbocycles. The number of ether oxygens (including phenoxy) is 1. The molecule has 0 aliphatic carbocycles. The van der Waals surface area contributed by atoms with Crippen molar-refractivity contribution in [1.29, 1.82) is 0 Å². The maximum atomic E-state index is 13.6. The number of rotatable bonds is 8. The van der Waals surface area contributed by atoms with Gasteiger partial charge in [-0.1, -0.05) is 48.4 Å². The van der Waals surface area contributed by atoms with Crippen LogP contribution in [0.25, 0.3) is 21.9 Å². The monoisotopic (exact) mass is 517 g/mol. The summed E-state index contributed by atoms with van der Waals surface area (Å²) in [5.74, 6) is 0.565. The molecule has 2 nitrogen and oxygen atoms in total. The number of benzene rings is 3. The lowest BCUT2D eigenvalue weighted by Gasteiger charge is -2.29. The fourth-order valence-corrected chi connectivity index (χ4v) is 5.55. The third-order valence-electron chi connectivity index (χ3n) is 7.67. The molecule has 4 heteroatoms. The molecule has 0 amide bonds. The van der Waals surface area contributed by atoms with Gasteiger partial charge in [0.1, 0.15) is 11.6 Å². The molecule has 1 heterocycles. The molecule has 1 aliphatic rings. The quantitative estimate of drug-likeness (QED) is 0.276. The molecular formula is C33H37ClFNO. The molecule has 4 rings (SSSR count). The number of nitrogens with zero attached hydrogens (tertiary/aromatic N) is 1. The average Bonchev–Trinajstić information content (AvgIpc) is 2.88. The third-order valence-corrected chi connectivity index (χ3v) is 7.98. The summed E-state index contributed by atoms with van der Waals surface area (Å²) in [4.78, 5) is 2.28. The van der Waals surface area contributed by atoms with Gasteiger partial charge in [0.15, 0.2) is 0 Å². The van der Waals surface area contributed by atoms with Crippen molar-refractivity contribution in [3.63, 3.8) is 0 Å². The van der Waals surface area contributed by atoms with E-state index in [0.29, 0.717) is 6.61 Å². The molecule has 3 aromatic rings. The molecule has 0 atom stereocenters. The first kappa shape index (κ1) is 27.0. The lowest BCUT2D eigenvalue weighted by Crippen LogP contribution is -2.21. The lowest BCUT2D eigenvalue weighted by atomic mass is 9.85. The highest BCUT2D eigenvalue weighted by Crippen LogP contribution is 2.41. The van der Waals surface area contributed by atoms with E-state index in [2.05, 4.69) is 64.8 Å². The zero-order chi connectivity index (χ0) is 26.7. The molecule has 0 N–H and O–H groups in total. The van der Waals surface area contributed by atoms with Crippen LogP contribution < -0.4 is 4.74 Å². The standard InChI is InChI=1S/C33H37ClFNO/c1-7-21(2)27(11-9-19-37-31-12-8-10-25-20-26(35)13-14-29(25)31)28-15-16-30(34)33(23(28)4)32-22(3)17-18-36(6)24(32)5/h8,10,12-17,20H,7,9,11,18-19H2,1-6H3/b27-21-. The summed E-state index contributed by atoms with van der Waals surface area (Å²) in [5.41, 5.74) is 10.1. The summed E-state index contributed by atoms with van der Waals surface area (Å²) in [7, 11) is 2.13. The smallest absolute Gasteiger partial charge is 0.127 e. The molecule has 0 radical (unpaired) electrons. The molecule has 0 unspecified atom stereocenters. The van der Waals surface area contributed by atoms with E-state index in [4.69, 9.17) is 16.3 Å². The normalized spacial score (nSPS) is 14.7. The number of likely N-dealkylation sites (N-methyl/N-ethyl adjacent to an activating group) is 1. The van der Waals surface area contributed by atoms with Gasteiger partial charge in [-0.05, 0) is 105 Å². The number of fused-ring (bicyclic) bond motifs is 1. The Bertz CT molecular complexity index is 1420. The molecule has 194 valence electrons. The summed E-state index contributed by atoms with van der Waals surface area (Å²) < 4.78 is 19.8. The van der Waals surface area contributed by atoms with Crippen molar-refractivity contribution >= 4 is 33.5 Å². The summed E-state index contributed by atoms with van der Waals surface area (Å²) >= 11 is 6.84. The van der Waals surface area contributed by atoms with Crippen LogP contribution in [0.2, 0.25) is 5.02 Å². The van der Waals surface area contributed by atoms with Gasteiger partial charge in [0.05, 0.1) is 6.61 Å². The maximum absolute atomic E-state index is 13.6. The van der Waals surface area contributed by atoms with Crippen LogP contribution in [0.1, 0.15) is 63.6 Å². The van der Waals surface area contributed by atoms with Gasteiger partial charge >= 0.3 is 0 Å². The topological polar surface area (TPSA) is 12.5 Å². The Kier molecular flexibility index (Phi) is 8.44. The van der Waals surface area contributed by atoms with E-state index in [1.165, 1.54) is 45.2 Å². The Balaban J connectivity index is 1.60. The van der Waals surface area contributed by atoms with Gasteiger partial charge in [0, 0.05) is 40.8 Å². The minimum absolute atomic E-state index is 0.233. The van der Waals surface area contributed by atoms with Gasteiger partial charge in [-0.25, -0.2) is 4.39 Å². The summed E-state index contributed by atoms with van der Waals surface area (Å²) in [6.07, 6.45) is 5.06. The van der Waals surface area contributed by atoms with E-state index in [1.807, 2.05) is 18.2 Å². The van der Waals surface area contributed by atoms with Crippen LogP contribution in [-0.2, 0) is 0 Å². The second kappa shape index (κ2) is 11.6. The van der Waals surface area contributed by atoms with Crippen LogP contribution in [-0.4, -0.2) is 25.1 Å². The van der Waals surface area contributed by atoms with E-state index in [1.54, 1.807) is 12.1 Å². The Hall–Kier alpha value is -3.04. The number of halogens is 2. The maximum Gasteiger partial charge on any atom is 0.127 e. The number of hydrogen-bond donors (Lipinski definition) is 0. The van der Waals surface area contributed by atoms with E-state index in [9.17, 15) is 4.39 Å². The zero-order valence-electron chi connectivity index (χ0n) is 22.8. The second-order valence-corrected chi connectivity index (χ2v) is 10.4. The molecule has 0 fully saturated rings. The van der Waals surface area contributed by atoms with Gasteiger partial charge in [0.2, 0.25) is 0 Å². The SMILES string of the molecule is CC/C(C)=C(/CCCOc1cccc2cc(F)ccc12)c1ccc(Cl)c(C2=C(C)N(C)CC=C2C)c1C. The highest BCUT2D eigenvalue weighted by atomic mass is 35.5. The predicted molar refractivity (Wildman–Crippen MR) is 157 cm³/mol. The minimum Gasteiger partial charge on any atom is -0.493 e. The first-order valence-corrected chi connectivity index (χ1v) is 13.5. The molecule has 0 saturated heterocycles. The van der Waals surface area contributed by atoms with Crippen LogP contribution in [0.5, 0.6) is 5.75 Å². The van der Waals surface area contributed by atoms with Crippen molar-refractivity contribution in [2.75, 3.05) is 20.2 Å². The van der Waals surface area contributed by atoms with Crippen LogP contribution in [0.15, 0.2) is 71.5 Å². The van der Waals surface area contributed by atoms with Gasteiger partial charge in [0.25, 0.3) is 0 Å². The second-order valence-electron chi connectivity index (χ2n) is 10.0. The van der Waals surface area contributed by atoms with Crippen LogP contribution in [0.3, 0.4) is 0 Å². The Morgan fingerprint density at radius 2 is 1.86 bits per heavy atom. The van der Waals surface area contributed by atoms with E-state index < -0.39 is 0 Å². The van der Waals surface area contributed by atoms with E-state index in [0.717, 1.165) is 52.9 Å².